The van der Waals surface area contributed by atoms with E-state index < -0.39 is 0 Å². The van der Waals surface area contributed by atoms with Gasteiger partial charge in [-0.2, -0.15) is 4.80 Å². The molecular weight excluding hydrogens is 362 g/mol. The molecule has 0 aliphatic rings. The van der Waals surface area contributed by atoms with Crippen molar-refractivity contribution < 1.29 is 8.83 Å². The van der Waals surface area contributed by atoms with E-state index in [1.165, 1.54) is 4.80 Å². The Hall–Kier alpha value is -2.74. The second kappa shape index (κ2) is 5.81. The van der Waals surface area contributed by atoms with Gasteiger partial charge in [0.2, 0.25) is 11.7 Å². The Balaban J connectivity index is 1.53. The number of benzene rings is 1. The van der Waals surface area contributed by atoms with E-state index in [1.807, 2.05) is 30.3 Å². The van der Waals surface area contributed by atoms with Crippen molar-refractivity contribution in [3.63, 3.8) is 0 Å². The number of tetrazole rings is 1. The second-order valence-corrected chi connectivity index (χ2v) is 5.54. The SMILES string of the molecule is Brc1ccc(-c2nnn(Cc3coc(-c4ccccc4)n3)n2)o1. The Bertz CT molecular complexity index is 928. The van der Waals surface area contributed by atoms with Gasteiger partial charge < -0.3 is 8.83 Å². The molecule has 3 aromatic heterocycles. The van der Waals surface area contributed by atoms with Crippen LogP contribution in [0, 0.1) is 0 Å². The molecule has 0 fully saturated rings. The standard InChI is InChI=1S/C15H10BrN5O2/c16-13-7-6-12(23-13)14-18-20-21(19-14)8-11-9-22-15(17-11)10-4-2-1-3-5-10/h1-7,9H,8H2. The van der Waals surface area contributed by atoms with Crippen LogP contribution in [0.1, 0.15) is 5.69 Å². The van der Waals surface area contributed by atoms with Gasteiger partial charge in [-0.25, -0.2) is 4.98 Å². The zero-order chi connectivity index (χ0) is 15.6. The smallest absolute Gasteiger partial charge is 0.240 e. The van der Waals surface area contributed by atoms with E-state index in [0.29, 0.717) is 34.4 Å². The van der Waals surface area contributed by atoms with Gasteiger partial charge in [0.05, 0.1) is 0 Å². The van der Waals surface area contributed by atoms with E-state index in [-0.39, 0.29) is 0 Å². The first kappa shape index (κ1) is 13.9. The highest BCUT2D eigenvalue weighted by Crippen LogP contribution is 2.21. The molecular formula is C15H10BrN5O2. The molecule has 7 nitrogen and oxygen atoms in total. The van der Waals surface area contributed by atoms with Crippen molar-refractivity contribution in [3.8, 4) is 23.0 Å². The molecule has 23 heavy (non-hydrogen) atoms. The van der Waals surface area contributed by atoms with Crippen LogP contribution in [-0.4, -0.2) is 25.2 Å². The Kier molecular flexibility index (Phi) is 3.51. The van der Waals surface area contributed by atoms with Crippen LogP contribution < -0.4 is 0 Å². The monoisotopic (exact) mass is 371 g/mol. The molecule has 0 atom stereocenters. The lowest BCUT2D eigenvalue weighted by Crippen LogP contribution is -2.04. The van der Waals surface area contributed by atoms with Gasteiger partial charge in [-0.1, -0.05) is 18.2 Å². The fourth-order valence-electron chi connectivity index (χ4n) is 2.08. The first-order chi connectivity index (χ1) is 11.3. The van der Waals surface area contributed by atoms with Crippen molar-refractivity contribution >= 4 is 15.9 Å². The van der Waals surface area contributed by atoms with Crippen LogP contribution in [0.2, 0.25) is 0 Å². The van der Waals surface area contributed by atoms with E-state index in [4.69, 9.17) is 8.83 Å². The van der Waals surface area contributed by atoms with E-state index >= 15 is 0 Å². The summed E-state index contributed by atoms with van der Waals surface area (Å²) in [7, 11) is 0. The summed E-state index contributed by atoms with van der Waals surface area (Å²) >= 11 is 3.24. The Morgan fingerprint density at radius 3 is 2.74 bits per heavy atom. The van der Waals surface area contributed by atoms with E-state index in [2.05, 4.69) is 36.3 Å². The molecule has 0 aliphatic carbocycles. The van der Waals surface area contributed by atoms with Crippen LogP contribution in [0.5, 0.6) is 0 Å². The molecule has 1 aromatic carbocycles. The predicted molar refractivity (Wildman–Crippen MR) is 84.3 cm³/mol. The molecule has 0 N–H and O–H groups in total. The highest BCUT2D eigenvalue weighted by atomic mass is 79.9. The molecule has 114 valence electrons. The number of oxazole rings is 1. The number of rotatable bonds is 4. The van der Waals surface area contributed by atoms with Gasteiger partial charge >= 0.3 is 0 Å². The van der Waals surface area contributed by atoms with E-state index in [9.17, 15) is 0 Å². The molecule has 4 rings (SSSR count). The average molecular weight is 372 g/mol. The minimum Gasteiger partial charge on any atom is -0.446 e. The summed E-state index contributed by atoms with van der Waals surface area (Å²) in [6.07, 6.45) is 1.59. The summed E-state index contributed by atoms with van der Waals surface area (Å²) in [5, 5.41) is 12.2. The Labute approximate surface area is 139 Å². The first-order valence-electron chi connectivity index (χ1n) is 6.81. The van der Waals surface area contributed by atoms with Gasteiger partial charge in [-0.05, 0) is 45.4 Å². The normalized spacial score (nSPS) is 11.0. The molecule has 0 saturated heterocycles. The number of aromatic nitrogens is 5. The minimum absolute atomic E-state index is 0.366. The maximum atomic E-state index is 5.49. The fourth-order valence-corrected chi connectivity index (χ4v) is 2.39. The first-order valence-corrected chi connectivity index (χ1v) is 7.60. The number of hydrogen-bond acceptors (Lipinski definition) is 6. The van der Waals surface area contributed by atoms with Gasteiger partial charge in [-0.15, -0.1) is 10.2 Å². The van der Waals surface area contributed by atoms with Crippen LogP contribution in [0.15, 0.2) is 62.2 Å². The maximum absolute atomic E-state index is 5.49. The molecule has 0 spiro atoms. The highest BCUT2D eigenvalue weighted by molar-refractivity contribution is 9.10. The van der Waals surface area contributed by atoms with Crippen molar-refractivity contribution in [2.45, 2.75) is 6.54 Å². The summed E-state index contributed by atoms with van der Waals surface area (Å²) in [5.41, 5.74) is 1.64. The molecule has 4 aromatic rings. The summed E-state index contributed by atoms with van der Waals surface area (Å²) in [4.78, 5) is 5.88. The molecule has 3 heterocycles. The Morgan fingerprint density at radius 2 is 1.96 bits per heavy atom. The van der Waals surface area contributed by atoms with E-state index in [1.54, 1.807) is 18.4 Å². The van der Waals surface area contributed by atoms with Crippen molar-refractivity contribution in [2.24, 2.45) is 0 Å². The molecule has 0 bridgehead atoms. The van der Waals surface area contributed by atoms with Crippen molar-refractivity contribution in [3.05, 3.63) is 59.1 Å². The van der Waals surface area contributed by atoms with Crippen LogP contribution >= 0.6 is 15.9 Å². The van der Waals surface area contributed by atoms with E-state index in [0.717, 1.165) is 5.56 Å². The summed E-state index contributed by atoms with van der Waals surface area (Å²) in [6, 6.07) is 13.3. The number of halogens is 1. The summed E-state index contributed by atoms with van der Waals surface area (Å²) in [5.74, 6) is 1.53. The largest absolute Gasteiger partial charge is 0.446 e. The zero-order valence-electron chi connectivity index (χ0n) is 11.8. The summed E-state index contributed by atoms with van der Waals surface area (Å²) < 4.78 is 11.5. The number of hydrogen-bond donors (Lipinski definition) is 0. The zero-order valence-corrected chi connectivity index (χ0v) is 13.3. The lowest BCUT2D eigenvalue weighted by molar-refractivity contribution is 0.543. The lowest BCUT2D eigenvalue weighted by atomic mass is 10.2. The minimum atomic E-state index is 0.366. The van der Waals surface area contributed by atoms with Crippen molar-refractivity contribution in [1.82, 2.24) is 25.2 Å². The molecule has 0 amide bonds. The van der Waals surface area contributed by atoms with Crippen LogP contribution in [0.25, 0.3) is 23.0 Å². The number of furan rings is 1. The van der Waals surface area contributed by atoms with Gasteiger partial charge in [0.1, 0.15) is 18.5 Å². The molecule has 0 saturated carbocycles. The van der Waals surface area contributed by atoms with Gasteiger partial charge in [0.15, 0.2) is 10.4 Å². The molecule has 0 unspecified atom stereocenters. The predicted octanol–water partition coefficient (Wildman–Crippen LogP) is 3.40. The van der Waals surface area contributed by atoms with Crippen LogP contribution in [0.4, 0.5) is 0 Å². The van der Waals surface area contributed by atoms with Gasteiger partial charge in [0, 0.05) is 5.56 Å². The van der Waals surface area contributed by atoms with Gasteiger partial charge in [-0.3, -0.25) is 0 Å². The average Bonchev–Trinajstić information content (AvgIpc) is 3.29. The second-order valence-electron chi connectivity index (χ2n) is 4.76. The van der Waals surface area contributed by atoms with Crippen molar-refractivity contribution in [2.75, 3.05) is 0 Å². The maximum Gasteiger partial charge on any atom is 0.240 e. The fraction of sp³-hybridized carbons (Fsp3) is 0.0667. The third-order valence-corrected chi connectivity index (χ3v) is 3.55. The van der Waals surface area contributed by atoms with Crippen LogP contribution in [-0.2, 0) is 6.54 Å². The quantitative estimate of drug-likeness (QED) is 0.546. The topological polar surface area (TPSA) is 82.8 Å². The third kappa shape index (κ3) is 2.93. The lowest BCUT2D eigenvalue weighted by Gasteiger charge is -1.93. The van der Waals surface area contributed by atoms with Crippen LogP contribution in [0.3, 0.4) is 0 Å². The highest BCUT2D eigenvalue weighted by Gasteiger charge is 2.12. The molecule has 0 radical (unpaired) electrons. The van der Waals surface area contributed by atoms with Gasteiger partial charge in [0.25, 0.3) is 0 Å². The van der Waals surface area contributed by atoms with Crippen molar-refractivity contribution in [1.29, 1.82) is 0 Å². The molecule has 0 aliphatic heterocycles. The molecule has 8 heteroatoms. The Morgan fingerprint density at radius 1 is 1.09 bits per heavy atom. The third-order valence-electron chi connectivity index (χ3n) is 3.12. The summed E-state index contributed by atoms with van der Waals surface area (Å²) in [6.45, 7) is 0.366. The number of nitrogens with zero attached hydrogens (tertiary/aromatic N) is 5.